The maximum Gasteiger partial charge on any atom is 0.138 e. The van der Waals surface area contributed by atoms with Gasteiger partial charge in [0.05, 0.1) is 0 Å². The number of carbonyl (C=O) groups is 1. The van der Waals surface area contributed by atoms with Crippen LogP contribution in [-0.2, 0) is 4.79 Å². The molecule has 0 amide bonds. The zero-order chi connectivity index (χ0) is 10.7. The van der Waals surface area contributed by atoms with Crippen molar-refractivity contribution in [3.8, 4) is 0 Å². The number of carbonyl (C=O) groups excluding carboxylic acids is 1. The van der Waals surface area contributed by atoms with Crippen molar-refractivity contribution in [2.45, 2.75) is 47.5 Å². The van der Waals surface area contributed by atoms with E-state index in [9.17, 15) is 4.79 Å². The quantitative estimate of drug-likeness (QED) is 0.714. The van der Waals surface area contributed by atoms with Crippen molar-refractivity contribution in [1.29, 1.82) is 0 Å². The molecule has 2 N–H and O–H groups in total. The van der Waals surface area contributed by atoms with E-state index < -0.39 is 0 Å². The first kappa shape index (κ1) is 12.6. The molecule has 0 aromatic carbocycles. The highest BCUT2D eigenvalue weighted by Crippen LogP contribution is 2.34. The summed E-state index contributed by atoms with van der Waals surface area (Å²) in [6.45, 7) is 10.8. The normalized spacial score (nSPS) is 13.1. The molecule has 0 saturated carbocycles. The van der Waals surface area contributed by atoms with E-state index in [-0.39, 0.29) is 10.8 Å². The van der Waals surface area contributed by atoms with E-state index in [2.05, 4.69) is 13.8 Å². The van der Waals surface area contributed by atoms with Crippen LogP contribution in [0.3, 0.4) is 0 Å². The van der Waals surface area contributed by atoms with Gasteiger partial charge in [-0.3, -0.25) is 4.79 Å². The standard InChI is InChI=1S/C11H23NO/c1-6-9(13)11(4,5)7-10(2,3)8-12/h6-8,12H2,1-5H3. The molecule has 0 aliphatic rings. The lowest BCUT2D eigenvalue weighted by atomic mass is 9.72. The van der Waals surface area contributed by atoms with Crippen molar-refractivity contribution in [1.82, 2.24) is 0 Å². The summed E-state index contributed by atoms with van der Waals surface area (Å²) < 4.78 is 0. The van der Waals surface area contributed by atoms with Crippen LogP contribution in [0.1, 0.15) is 47.5 Å². The first-order valence-corrected chi connectivity index (χ1v) is 4.98. The molecular formula is C11H23NO. The van der Waals surface area contributed by atoms with E-state index in [1.165, 1.54) is 0 Å². The Kier molecular flexibility index (Phi) is 4.11. The second-order valence-electron chi connectivity index (χ2n) is 5.21. The van der Waals surface area contributed by atoms with E-state index in [0.29, 0.717) is 18.7 Å². The largest absolute Gasteiger partial charge is 0.330 e. The molecular weight excluding hydrogens is 162 g/mol. The smallest absolute Gasteiger partial charge is 0.138 e. The van der Waals surface area contributed by atoms with Crippen LogP contribution in [0, 0.1) is 10.8 Å². The van der Waals surface area contributed by atoms with Gasteiger partial charge in [0.1, 0.15) is 5.78 Å². The molecule has 0 bridgehead atoms. The van der Waals surface area contributed by atoms with Crippen molar-refractivity contribution < 1.29 is 4.79 Å². The third-order valence-electron chi connectivity index (χ3n) is 2.55. The molecule has 0 aromatic heterocycles. The molecule has 0 spiro atoms. The summed E-state index contributed by atoms with van der Waals surface area (Å²) in [6, 6.07) is 0. The van der Waals surface area contributed by atoms with Gasteiger partial charge in [-0.2, -0.15) is 0 Å². The molecule has 2 nitrogen and oxygen atoms in total. The average Bonchev–Trinajstić information content (AvgIpc) is 2.01. The molecule has 0 aliphatic carbocycles. The third-order valence-corrected chi connectivity index (χ3v) is 2.55. The minimum atomic E-state index is -0.225. The number of rotatable bonds is 5. The van der Waals surface area contributed by atoms with E-state index in [1.807, 2.05) is 20.8 Å². The molecule has 0 aliphatic heterocycles. The van der Waals surface area contributed by atoms with Crippen molar-refractivity contribution in [2.24, 2.45) is 16.6 Å². The minimum Gasteiger partial charge on any atom is -0.330 e. The van der Waals surface area contributed by atoms with Gasteiger partial charge in [-0.1, -0.05) is 34.6 Å². The second-order valence-corrected chi connectivity index (χ2v) is 5.21. The number of ketones is 1. The zero-order valence-corrected chi connectivity index (χ0v) is 9.61. The molecule has 2 heteroatoms. The van der Waals surface area contributed by atoms with Crippen LogP contribution in [-0.4, -0.2) is 12.3 Å². The van der Waals surface area contributed by atoms with Crippen molar-refractivity contribution in [2.75, 3.05) is 6.54 Å². The Morgan fingerprint density at radius 3 is 2.00 bits per heavy atom. The van der Waals surface area contributed by atoms with E-state index in [0.717, 1.165) is 6.42 Å². The Hall–Kier alpha value is -0.370. The predicted molar refractivity (Wildman–Crippen MR) is 56.5 cm³/mol. The van der Waals surface area contributed by atoms with Gasteiger partial charge in [-0.25, -0.2) is 0 Å². The number of hydrogen-bond acceptors (Lipinski definition) is 2. The Morgan fingerprint density at radius 1 is 1.23 bits per heavy atom. The first-order valence-electron chi connectivity index (χ1n) is 4.98. The lowest BCUT2D eigenvalue weighted by Gasteiger charge is -2.32. The number of hydrogen-bond donors (Lipinski definition) is 1. The maximum atomic E-state index is 11.6. The lowest BCUT2D eigenvalue weighted by molar-refractivity contribution is -0.128. The Labute approximate surface area is 81.9 Å². The van der Waals surface area contributed by atoms with Gasteiger partial charge < -0.3 is 5.73 Å². The van der Waals surface area contributed by atoms with Crippen LogP contribution in [0.4, 0.5) is 0 Å². The minimum absolute atomic E-state index is 0.0638. The highest BCUT2D eigenvalue weighted by atomic mass is 16.1. The van der Waals surface area contributed by atoms with Crippen molar-refractivity contribution >= 4 is 5.78 Å². The molecule has 0 rings (SSSR count). The van der Waals surface area contributed by atoms with Gasteiger partial charge in [0, 0.05) is 11.8 Å². The molecule has 0 saturated heterocycles. The predicted octanol–water partition coefficient (Wildman–Crippen LogP) is 2.37. The average molecular weight is 185 g/mol. The summed E-state index contributed by atoms with van der Waals surface area (Å²) in [5.41, 5.74) is 5.48. The molecule has 78 valence electrons. The lowest BCUT2D eigenvalue weighted by Crippen LogP contribution is -2.34. The fourth-order valence-corrected chi connectivity index (χ4v) is 1.85. The van der Waals surface area contributed by atoms with Gasteiger partial charge in [0.2, 0.25) is 0 Å². The summed E-state index contributed by atoms with van der Waals surface area (Å²) in [7, 11) is 0. The topological polar surface area (TPSA) is 43.1 Å². The fraction of sp³-hybridized carbons (Fsp3) is 0.909. The Morgan fingerprint density at radius 2 is 1.69 bits per heavy atom. The van der Waals surface area contributed by atoms with Crippen molar-refractivity contribution in [3.63, 3.8) is 0 Å². The highest BCUT2D eigenvalue weighted by Gasteiger charge is 2.32. The van der Waals surface area contributed by atoms with Gasteiger partial charge in [0.25, 0.3) is 0 Å². The van der Waals surface area contributed by atoms with Crippen LogP contribution in [0.5, 0.6) is 0 Å². The third kappa shape index (κ3) is 3.90. The van der Waals surface area contributed by atoms with Crippen LogP contribution in [0.25, 0.3) is 0 Å². The van der Waals surface area contributed by atoms with Crippen LogP contribution < -0.4 is 5.73 Å². The van der Waals surface area contributed by atoms with E-state index in [4.69, 9.17) is 5.73 Å². The summed E-state index contributed by atoms with van der Waals surface area (Å²) in [5, 5.41) is 0. The molecule has 0 atom stereocenters. The number of Topliss-reactive ketones (excluding diaryl/α,β-unsaturated/α-hetero) is 1. The summed E-state index contributed by atoms with van der Waals surface area (Å²) in [6.07, 6.45) is 1.48. The van der Waals surface area contributed by atoms with Gasteiger partial charge in [-0.15, -0.1) is 0 Å². The van der Waals surface area contributed by atoms with Gasteiger partial charge in [-0.05, 0) is 18.4 Å². The molecule has 0 heterocycles. The van der Waals surface area contributed by atoms with Gasteiger partial charge in [0.15, 0.2) is 0 Å². The molecule has 0 aromatic rings. The fourth-order valence-electron chi connectivity index (χ4n) is 1.85. The summed E-state index contributed by atoms with van der Waals surface area (Å²) in [4.78, 5) is 11.6. The monoisotopic (exact) mass is 185 g/mol. The van der Waals surface area contributed by atoms with Crippen LogP contribution >= 0.6 is 0 Å². The zero-order valence-electron chi connectivity index (χ0n) is 9.61. The molecule has 0 fully saturated rings. The Bertz CT molecular complexity index is 183. The van der Waals surface area contributed by atoms with Crippen LogP contribution in [0.2, 0.25) is 0 Å². The second kappa shape index (κ2) is 4.23. The summed E-state index contributed by atoms with van der Waals surface area (Å²) in [5.74, 6) is 0.328. The first-order chi connectivity index (χ1) is 5.75. The maximum absolute atomic E-state index is 11.6. The highest BCUT2D eigenvalue weighted by molar-refractivity contribution is 5.83. The van der Waals surface area contributed by atoms with Crippen LogP contribution in [0.15, 0.2) is 0 Å². The number of nitrogens with two attached hydrogens (primary N) is 1. The molecule has 0 unspecified atom stereocenters. The molecule has 13 heavy (non-hydrogen) atoms. The van der Waals surface area contributed by atoms with Crippen molar-refractivity contribution in [3.05, 3.63) is 0 Å². The van der Waals surface area contributed by atoms with Gasteiger partial charge >= 0.3 is 0 Å². The van der Waals surface area contributed by atoms with E-state index >= 15 is 0 Å². The summed E-state index contributed by atoms with van der Waals surface area (Å²) >= 11 is 0. The van der Waals surface area contributed by atoms with E-state index in [1.54, 1.807) is 0 Å². The molecule has 0 radical (unpaired) electrons. The Balaban J connectivity index is 4.41. The SMILES string of the molecule is CCC(=O)C(C)(C)CC(C)(C)CN.